The molecule has 0 unspecified atom stereocenters. The van der Waals surface area contributed by atoms with Crippen LogP contribution in [-0.2, 0) is 4.84 Å². The van der Waals surface area contributed by atoms with Gasteiger partial charge in [-0.1, -0.05) is 22.9 Å². The minimum Gasteiger partial charge on any atom is -0.367 e. The van der Waals surface area contributed by atoms with E-state index in [2.05, 4.69) is 12.1 Å². The van der Waals surface area contributed by atoms with Gasteiger partial charge >= 0.3 is 0 Å². The van der Waals surface area contributed by atoms with Gasteiger partial charge in [-0.3, -0.25) is 4.90 Å². The number of aryl methyl sites for hydroxylation is 1. The lowest BCUT2D eigenvalue weighted by Gasteiger charge is -2.19. The Hall–Kier alpha value is -1.22. The number of oxime groups is 1. The van der Waals surface area contributed by atoms with E-state index in [1.165, 1.54) is 5.56 Å². The quantitative estimate of drug-likeness (QED) is 0.700. The van der Waals surface area contributed by atoms with E-state index in [1.807, 2.05) is 29.2 Å². The lowest BCUT2D eigenvalue weighted by atomic mass is 10.2. The molecule has 1 aromatic rings. The second-order valence-electron chi connectivity index (χ2n) is 3.18. The molecule has 0 fully saturated rings. The van der Waals surface area contributed by atoms with Crippen LogP contribution in [0.1, 0.15) is 5.56 Å². The molecule has 1 aromatic carbocycles. The van der Waals surface area contributed by atoms with Crippen LogP contribution in [-0.4, -0.2) is 18.4 Å². The van der Waals surface area contributed by atoms with Crippen molar-refractivity contribution >= 4 is 23.6 Å². The van der Waals surface area contributed by atoms with Gasteiger partial charge in [0.15, 0.2) is 0 Å². The van der Waals surface area contributed by atoms with Crippen LogP contribution in [0.25, 0.3) is 0 Å². The molecule has 1 atom stereocenters. The number of hydrogen-bond donors (Lipinski definition) is 0. The van der Waals surface area contributed by atoms with Crippen molar-refractivity contribution in [2.45, 2.75) is 13.2 Å². The van der Waals surface area contributed by atoms with Crippen LogP contribution in [0.5, 0.6) is 0 Å². The molecule has 3 nitrogen and oxygen atoms in total. The normalized spacial score (nSPS) is 19.9. The van der Waals surface area contributed by atoms with Crippen molar-refractivity contribution in [2.24, 2.45) is 5.16 Å². The highest BCUT2D eigenvalue weighted by Crippen LogP contribution is 2.20. The minimum atomic E-state index is -0.181. The molecule has 0 spiro atoms. The third-order valence-corrected chi connectivity index (χ3v) is 2.39. The summed E-state index contributed by atoms with van der Waals surface area (Å²) in [5, 5.41) is 3.73. The maximum absolute atomic E-state index is 5.74. The van der Waals surface area contributed by atoms with E-state index in [0.717, 1.165) is 5.69 Å². The topological polar surface area (TPSA) is 24.8 Å². The summed E-state index contributed by atoms with van der Waals surface area (Å²) < 4.78 is 0. The fourth-order valence-corrected chi connectivity index (χ4v) is 1.53. The fourth-order valence-electron chi connectivity index (χ4n) is 1.33. The van der Waals surface area contributed by atoms with Crippen molar-refractivity contribution in [2.75, 3.05) is 10.8 Å². The minimum absolute atomic E-state index is 0.181. The van der Waals surface area contributed by atoms with Crippen LogP contribution in [0, 0.1) is 6.92 Å². The van der Waals surface area contributed by atoms with Gasteiger partial charge < -0.3 is 4.84 Å². The molecule has 0 N–H and O–H groups in total. The summed E-state index contributed by atoms with van der Waals surface area (Å²) in [5.41, 5.74) is 2.27. The smallest absolute Gasteiger partial charge is 0.218 e. The van der Waals surface area contributed by atoms with Crippen molar-refractivity contribution in [1.82, 2.24) is 0 Å². The summed E-state index contributed by atoms with van der Waals surface area (Å²) in [4.78, 5) is 6.97. The van der Waals surface area contributed by atoms with E-state index in [4.69, 9.17) is 16.4 Å². The summed E-state index contributed by atoms with van der Waals surface area (Å²) in [7, 11) is 0. The summed E-state index contributed by atoms with van der Waals surface area (Å²) in [6.45, 7) is 2.05. The molecule has 2 rings (SSSR count). The molecule has 1 heterocycles. The molecular weight excluding hydrogens is 200 g/mol. The summed E-state index contributed by atoms with van der Waals surface area (Å²) in [6.07, 6.45) is 1.47. The van der Waals surface area contributed by atoms with Crippen LogP contribution in [0.3, 0.4) is 0 Å². The second kappa shape index (κ2) is 3.88. The highest BCUT2D eigenvalue weighted by molar-refractivity contribution is 6.18. The molecule has 14 heavy (non-hydrogen) atoms. The number of alkyl halides is 1. The molecule has 1 aliphatic heterocycles. The average Bonchev–Trinajstić information content (AvgIpc) is 2.67. The monoisotopic (exact) mass is 210 g/mol. The third-order valence-electron chi connectivity index (χ3n) is 2.13. The van der Waals surface area contributed by atoms with E-state index in [-0.39, 0.29) is 6.23 Å². The van der Waals surface area contributed by atoms with Gasteiger partial charge in [0.1, 0.15) is 6.34 Å². The Bertz CT molecular complexity index is 336. The highest BCUT2D eigenvalue weighted by atomic mass is 35.5. The van der Waals surface area contributed by atoms with Gasteiger partial charge in [-0.15, -0.1) is 11.6 Å². The Balaban J connectivity index is 2.22. The van der Waals surface area contributed by atoms with E-state index >= 15 is 0 Å². The van der Waals surface area contributed by atoms with Gasteiger partial charge in [0.25, 0.3) is 0 Å². The van der Waals surface area contributed by atoms with Gasteiger partial charge in [0.2, 0.25) is 6.23 Å². The van der Waals surface area contributed by atoms with Gasteiger partial charge in [-0.2, -0.15) is 0 Å². The predicted octanol–water partition coefficient (Wildman–Crippen LogP) is 2.34. The number of nitrogens with zero attached hydrogens (tertiary/aromatic N) is 2. The van der Waals surface area contributed by atoms with E-state index < -0.39 is 0 Å². The lowest BCUT2D eigenvalue weighted by molar-refractivity contribution is 0.103. The first-order chi connectivity index (χ1) is 6.81. The van der Waals surface area contributed by atoms with Crippen molar-refractivity contribution in [3.63, 3.8) is 0 Å². The SMILES string of the molecule is Cc1ccc(N2C=NO[C@@H]2CCl)cc1. The van der Waals surface area contributed by atoms with Crippen LogP contribution in [0.15, 0.2) is 29.4 Å². The molecule has 0 aliphatic carbocycles. The Morgan fingerprint density at radius 3 is 2.79 bits per heavy atom. The molecule has 0 saturated heterocycles. The molecule has 74 valence electrons. The zero-order valence-corrected chi connectivity index (χ0v) is 8.61. The maximum Gasteiger partial charge on any atom is 0.218 e. The summed E-state index contributed by atoms with van der Waals surface area (Å²) >= 11 is 5.74. The Kier molecular flexibility index (Phi) is 2.59. The van der Waals surface area contributed by atoms with Crippen LogP contribution >= 0.6 is 11.6 Å². The zero-order chi connectivity index (χ0) is 9.97. The average molecular weight is 211 g/mol. The van der Waals surface area contributed by atoms with E-state index in [9.17, 15) is 0 Å². The number of benzene rings is 1. The first-order valence-corrected chi connectivity index (χ1v) is 4.95. The lowest BCUT2D eigenvalue weighted by Crippen LogP contribution is -2.31. The number of anilines is 1. The zero-order valence-electron chi connectivity index (χ0n) is 7.85. The molecule has 1 aliphatic rings. The third kappa shape index (κ3) is 1.68. The molecule has 0 amide bonds. The van der Waals surface area contributed by atoms with Crippen LogP contribution in [0.4, 0.5) is 5.69 Å². The van der Waals surface area contributed by atoms with Gasteiger partial charge in [0.05, 0.1) is 5.88 Å². The van der Waals surface area contributed by atoms with E-state index in [1.54, 1.807) is 6.34 Å². The van der Waals surface area contributed by atoms with Gasteiger partial charge in [-0.05, 0) is 19.1 Å². The van der Waals surface area contributed by atoms with Gasteiger partial charge in [0, 0.05) is 5.69 Å². The molecule has 0 saturated carbocycles. The second-order valence-corrected chi connectivity index (χ2v) is 3.49. The molecule has 4 heteroatoms. The van der Waals surface area contributed by atoms with Crippen LogP contribution < -0.4 is 4.90 Å². The number of halogens is 1. The van der Waals surface area contributed by atoms with Crippen molar-refractivity contribution in [3.8, 4) is 0 Å². The molecule has 0 aromatic heterocycles. The largest absolute Gasteiger partial charge is 0.367 e. The van der Waals surface area contributed by atoms with Crippen molar-refractivity contribution in [3.05, 3.63) is 29.8 Å². The highest BCUT2D eigenvalue weighted by Gasteiger charge is 2.22. The number of rotatable bonds is 2. The van der Waals surface area contributed by atoms with Crippen LogP contribution in [0.2, 0.25) is 0 Å². The Morgan fingerprint density at radius 2 is 2.14 bits per heavy atom. The fraction of sp³-hybridized carbons (Fsp3) is 0.300. The molecule has 0 radical (unpaired) electrons. The number of hydrogen-bond acceptors (Lipinski definition) is 3. The van der Waals surface area contributed by atoms with E-state index in [0.29, 0.717) is 5.88 Å². The molecular formula is C10H11ClN2O. The Morgan fingerprint density at radius 1 is 1.43 bits per heavy atom. The predicted molar refractivity (Wildman–Crippen MR) is 57.7 cm³/mol. The summed E-state index contributed by atoms with van der Waals surface area (Å²) in [6, 6.07) is 8.14. The van der Waals surface area contributed by atoms with Gasteiger partial charge in [-0.25, -0.2) is 0 Å². The Labute approximate surface area is 87.9 Å². The van der Waals surface area contributed by atoms with Crippen molar-refractivity contribution in [1.29, 1.82) is 0 Å². The maximum atomic E-state index is 5.74. The van der Waals surface area contributed by atoms with Crippen molar-refractivity contribution < 1.29 is 4.84 Å². The molecule has 0 bridgehead atoms. The summed E-state index contributed by atoms with van der Waals surface area (Å²) in [5.74, 6) is 0.397. The standard InChI is InChI=1S/C10H11ClN2O/c1-8-2-4-9(5-3-8)13-7-12-14-10(13)6-11/h2-5,7,10H,6H2,1H3/t10-/m1/s1. The first-order valence-electron chi connectivity index (χ1n) is 4.41. The first kappa shape index (κ1) is 9.34.